The van der Waals surface area contributed by atoms with Crippen LogP contribution in [0.25, 0.3) is 0 Å². The van der Waals surface area contributed by atoms with Gasteiger partial charge in [0.2, 0.25) is 0 Å². The van der Waals surface area contributed by atoms with Crippen LogP contribution in [0.5, 0.6) is 0 Å². The van der Waals surface area contributed by atoms with E-state index in [0.29, 0.717) is 6.04 Å². The van der Waals surface area contributed by atoms with Crippen LogP contribution in [-0.2, 0) is 6.54 Å². The zero-order chi connectivity index (χ0) is 13.9. The highest BCUT2D eigenvalue weighted by Gasteiger charge is 2.35. The normalized spacial score (nSPS) is 22.9. The van der Waals surface area contributed by atoms with E-state index in [-0.39, 0.29) is 0 Å². The van der Waals surface area contributed by atoms with Crippen molar-refractivity contribution in [2.75, 3.05) is 13.1 Å². The Hall–Kier alpha value is -0.860. The Balaban J connectivity index is 1.82. The van der Waals surface area contributed by atoms with Gasteiger partial charge in [0, 0.05) is 18.6 Å². The third-order valence-electron chi connectivity index (χ3n) is 4.70. The molecule has 0 aromatic heterocycles. The Kier molecular flexibility index (Phi) is 4.42. The molecule has 110 valence electrons. The summed E-state index contributed by atoms with van der Waals surface area (Å²) < 4.78 is 0. The standard InChI is InChI=1S/C18H28N2/c1-14(2)10-12-20(16-7-8-16)18-9-11-19-13-15-5-3-4-6-17(15)18/h3-6,14,16,18-19H,7-13H2,1-2H3. The van der Waals surface area contributed by atoms with Gasteiger partial charge in [-0.2, -0.15) is 0 Å². The molecule has 1 aromatic rings. The van der Waals surface area contributed by atoms with E-state index in [1.54, 1.807) is 5.56 Å². The number of rotatable bonds is 5. The largest absolute Gasteiger partial charge is 0.313 e. The fourth-order valence-electron chi connectivity index (χ4n) is 3.39. The predicted molar refractivity (Wildman–Crippen MR) is 84.7 cm³/mol. The molecule has 2 nitrogen and oxygen atoms in total. The maximum Gasteiger partial charge on any atom is 0.0366 e. The topological polar surface area (TPSA) is 15.3 Å². The summed E-state index contributed by atoms with van der Waals surface area (Å²) >= 11 is 0. The fourth-order valence-corrected chi connectivity index (χ4v) is 3.39. The molecular formula is C18H28N2. The molecule has 2 aliphatic rings. The van der Waals surface area contributed by atoms with Gasteiger partial charge in [0.25, 0.3) is 0 Å². The molecule has 1 unspecified atom stereocenters. The van der Waals surface area contributed by atoms with E-state index in [1.807, 2.05) is 0 Å². The zero-order valence-corrected chi connectivity index (χ0v) is 12.9. The van der Waals surface area contributed by atoms with Crippen molar-refractivity contribution < 1.29 is 0 Å². The molecule has 1 atom stereocenters. The van der Waals surface area contributed by atoms with Gasteiger partial charge < -0.3 is 5.32 Å². The quantitative estimate of drug-likeness (QED) is 0.878. The third-order valence-corrected chi connectivity index (χ3v) is 4.70. The van der Waals surface area contributed by atoms with Crippen LogP contribution in [0.3, 0.4) is 0 Å². The lowest BCUT2D eigenvalue weighted by Crippen LogP contribution is -2.33. The summed E-state index contributed by atoms with van der Waals surface area (Å²) in [7, 11) is 0. The second-order valence-electron chi connectivity index (χ2n) is 6.83. The molecule has 3 rings (SSSR count). The Labute approximate surface area is 123 Å². The first-order valence-electron chi connectivity index (χ1n) is 8.30. The molecule has 1 N–H and O–H groups in total. The molecule has 2 heteroatoms. The number of nitrogens with zero attached hydrogens (tertiary/aromatic N) is 1. The molecule has 0 radical (unpaired) electrons. The maximum atomic E-state index is 3.59. The van der Waals surface area contributed by atoms with Gasteiger partial charge in [-0.1, -0.05) is 38.1 Å². The zero-order valence-electron chi connectivity index (χ0n) is 12.9. The van der Waals surface area contributed by atoms with Gasteiger partial charge in [-0.15, -0.1) is 0 Å². The van der Waals surface area contributed by atoms with Crippen LogP contribution in [0.1, 0.15) is 56.7 Å². The van der Waals surface area contributed by atoms with E-state index >= 15 is 0 Å². The van der Waals surface area contributed by atoms with Crippen molar-refractivity contribution in [1.29, 1.82) is 0 Å². The number of hydrogen-bond acceptors (Lipinski definition) is 2. The van der Waals surface area contributed by atoms with E-state index in [2.05, 4.69) is 48.3 Å². The second-order valence-corrected chi connectivity index (χ2v) is 6.83. The smallest absolute Gasteiger partial charge is 0.0366 e. The molecule has 1 fully saturated rings. The molecule has 1 saturated carbocycles. The summed E-state index contributed by atoms with van der Waals surface area (Å²) in [5, 5.41) is 3.59. The van der Waals surface area contributed by atoms with Gasteiger partial charge in [0.05, 0.1) is 0 Å². The summed E-state index contributed by atoms with van der Waals surface area (Å²) in [6.07, 6.45) is 5.39. The summed E-state index contributed by atoms with van der Waals surface area (Å²) in [6.45, 7) is 8.13. The molecule has 0 saturated heterocycles. The lowest BCUT2D eigenvalue weighted by atomic mass is 9.97. The lowest BCUT2D eigenvalue weighted by Gasteiger charge is -2.33. The molecule has 1 heterocycles. The molecule has 1 aromatic carbocycles. The second kappa shape index (κ2) is 6.28. The van der Waals surface area contributed by atoms with Gasteiger partial charge in [-0.05, 0) is 55.8 Å². The van der Waals surface area contributed by atoms with E-state index in [0.717, 1.165) is 25.0 Å². The van der Waals surface area contributed by atoms with E-state index in [4.69, 9.17) is 0 Å². The number of fused-ring (bicyclic) bond motifs is 1. The van der Waals surface area contributed by atoms with Gasteiger partial charge >= 0.3 is 0 Å². The maximum absolute atomic E-state index is 3.59. The van der Waals surface area contributed by atoms with Crippen molar-refractivity contribution in [1.82, 2.24) is 10.2 Å². The lowest BCUT2D eigenvalue weighted by molar-refractivity contribution is 0.169. The van der Waals surface area contributed by atoms with Crippen LogP contribution in [0.2, 0.25) is 0 Å². The first-order valence-corrected chi connectivity index (χ1v) is 8.30. The van der Waals surface area contributed by atoms with E-state index < -0.39 is 0 Å². The first-order chi connectivity index (χ1) is 9.75. The minimum absolute atomic E-state index is 0.632. The summed E-state index contributed by atoms with van der Waals surface area (Å²) in [5.41, 5.74) is 3.08. The molecule has 1 aliphatic heterocycles. The van der Waals surface area contributed by atoms with Crippen LogP contribution < -0.4 is 5.32 Å². The summed E-state index contributed by atoms with van der Waals surface area (Å²) in [6, 6.07) is 10.5. The van der Waals surface area contributed by atoms with Crippen molar-refractivity contribution in [2.45, 2.75) is 58.2 Å². The van der Waals surface area contributed by atoms with Crippen LogP contribution in [-0.4, -0.2) is 24.0 Å². The van der Waals surface area contributed by atoms with Gasteiger partial charge in [-0.3, -0.25) is 4.90 Å². The van der Waals surface area contributed by atoms with Crippen LogP contribution in [0.4, 0.5) is 0 Å². The average molecular weight is 272 g/mol. The van der Waals surface area contributed by atoms with Crippen molar-refractivity contribution in [3.8, 4) is 0 Å². The molecular weight excluding hydrogens is 244 g/mol. The minimum atomic E-state index is 0.632. The predicted octanol–water partition coefficient (Wildman–Crippen LogP) is 3.73. The Morgan fingerprint density at radius 3 is 2.75 bits per heavy atom. The van der Waals surface area contributed by atoms with Crippen molar-refractivity contribution in [3.05, 3.63) is 35.4 Å². The average Bonchev–Trinajstić information content (AvgIpc) is 3.26. The van der Waals surface area contributed by atoms with Gasteiger partial charge in [-0.25, -0.2) is 0 Å². The van der Waals surface area contributed by atoms with Crippen molar-refractivity contribution >= 4 is 0 Å². The highest BCUT2D eigenvalue weighted by molar-refractivity contribution is 5.31. The number of hydrogen-bond donors (Lipinski definition) is 1. The van der Waals surface area contributed by atoms with Crippen LogP contribution >= 0.6 is 0 Å². The van der Waals surface area contributed by atoms with Gasteiger partial charge in [0.1, 0.15) is 0 Å². The molecule has 0 spiro atoms. The SMILES string of the molecule is CC(C)CCN(C1CC1)C1CCNCc2ccccc21. The van der Waals surface area contributed by atoms with Crippen LogP contribution in [0.15, 0.2) is 24.3 Å². The monoisotopic (exact) mass is 272 g/mol. The van der Waals surface area contributed by atoms with Crippen molar-refractivity contribution in [3.63, 3.8) is 0 Å². The summed E-state index contributed by atoms with van der Waals surface area (Å²) in [4.78, 5) is 2.81. The first kappa shape index (κ1) is 14.1. The fraction of sp³-hybridized carbons (Fsp3) is 0.667. The van der Waals surface area contributed by atoms with E-state index in [9.17, 15) is 0 Å². The minimum Gasteiger partial charge on any atom is -0.313 e. The summed E-state index contributed by atoms with van der Waals surface area (Å²) in [5.74, 6) is 0.801. The molecule has 0 bridgehead atoms. The van der Waals surface area contributed by atoms with Crippen molar-refractivity contribution in [2.24, 2.45) is 5.92 Å². The molecule has 1 aliphatic carbocycles. The number of nitrogens with one attached hydrogen (secondary N) is 1. The highest BCUT2D eigenvalue weighted by atomic mass is 15.2. The molecule has 20 heavy (non-hydrogen) atoms. The third kappa shape index (κ3) is 3.24. The molecule has 0 amide bonds. The Morgan fingerprint density at radius 2 is 2.00 bits per heavy atom. The Morgan fingerprint density at radius 1 is 1.20 bits per heavy atom. The Bertz CT molecular complexity index is 437. The van der Waals surface area contributed by atoms with Gasteiger partial charge in [0.15, 0.2) is 0 Å². The number of benzene rings is 1. The van der Waals surface area contributed by atoms with Crippen LogP contribution in [0, 0.1) is 5.92 Å². The highest BCUT2D eigenvalue weighted by Crippen LogP contribution is 2.38. The van der Waals surface area contributed by atoms with E-state index in [1.165, 1.54) is 37.8 Å².